The van der Waals surface area contributed by atoms with Crippen LogP contribution in [0.3, 0.4) is 0 Å². The fraction of sp³-hybridized carbons (Fsp3) is 0.565. The van der Waals surface area contributed by atoms with Gasteiger partial charge < -0.3 is 51.1 Å². The average Bonchev–Trinajstić information content (AvgIpc) is 3.58. The first kappa shape index (κ1) is 50.7. The van der Waals surface area contributed by atoms with Crippen molar-refractivity contribution in [3.63, 3.8) is 0 Å². The number of fused-ring (bicyclic) bond motifs is 2. The predicted molar refractivity (Wildman–Crippen MR) is 267 cm³/mol. The number of thioether (sulfide) groups is 2. The van der Waals surface area contributed by atoms with Crippen molar-refractivity contribution in [3.8, 4) is 0 Å². The number of nitrogens with one attached hydrogen (secondary N) is 4. The number of hydrogen-bond donors (Lipinski definition) is 6. The molecule has 6 rings (SSSR count). The maximum absolute atomic E-state index is 14.1. The van der Waals surface area contributed by atoms with Crippen LogP contribution in [0.2, 0.25) is 0 Å². The van der Waals surface area contributed by atoms with Crippen LogP contribution in [0.4, 0.5) is 21.0 Å². The Morgan fingerprint density at radius 1 is 0.667 bits per heavy atom. The molecule has 4 heterocycles. The van der Waals surface area contributed by atoms with Crippen molar-refractivity contribution in [1.29, 1.82) is 0 Å². The van der Waals surface area contributed by atoms with Gasteiger partial charge in [-0.1, -0.05) is 76.4 Å². The first-order valence-corrected chi connectivity index (χ1v) is 25.1. The molecule has 8 atom stereocenters. The molecule has 0 spiro atoms. The maximum atomic E-state index is 14.1. The fourth-order valence-corrected chi connectivity index (χ4v) is 12.9. The number of likely N-dealkylation sites (N-methyl/N-ethyl adjacent to an activating group) is 2. The molecule has 2 unspecified atom stereocenters. The lowest BCUT2D eigenvalue weighted by molar-refractivity contribution is -0.140. The third-order valence-corrected chi connectivity index (χ3v) is 16.8. The zero-order valence-corrected chi connectivity index (χ0v) is 41.9. The minimum atomic E-state index is -1.12. The minimum Gasteiger partial charge on any atom is -0.465 e. The van der Waals surface area contributed by atoms with Gasteiger partial charge in [0.05, 0.1) is 32.8 Å². The second kappa shape index (κ2) is 20.7. The van der Waals surface area contributed by atoms with Crippen LogP contribution in [0.1, 0.15) is 78.4 Å². The van der Waals surface area contributed by atoms with Crippen molar-refractivity contribution in [2.45, 2.75) is 127 Å². The molecule has 66 heavy (non-hydrogen) atoms. The number of anilines is 2. The van der Waals surface area contributed by atoms with Gasteiger partial charge in [-0.3, -0.25) is 19.2 Å². The first-order chi connectivity index (χ1) is 31.0. The van der Waals surface area contributed by atoms with E-state index < -0.39 is 59.3 Å². The average molecular weight is 983 g/mol. The van der Waals surface area contributed by atoms with E-state index in [0.29, 0.717) is 48.6 Å². The number of nitrogens with zero attached hydrogens (tertiary/aromatic N) is 4. The van der Waals surface area contributed by atoms with E-state index in [4.69, 9.17) is 24.4 Å². The number of carbonyl (C=O) groups excluding carboxylic acids is 4. The molecule has 0 bridgehead atoms. The molecule has 4 fully saturated rings. The maximum Gasteiger partial charge on any atom is 0.407 e. The van der Waals surface area contributed by atoms with E-state index >= 15 is 0 Å². The largest absolute Gasteiger partial charge is 0.465 e. The number of thiocarbonyl (C=S) groups is 2. The van der Waals surface area contributed by atoms with Crippen LogP contribution in [0.25, 0.3) is 0 Å². The number of carbonyl (C=O) groups is 6. The van der Waals surface area contributed by atoms with E-state index in [1.165, 1.54) is 14.1 Å². The molecule has 6 amide bonds. The monoisotopic (exact) mass is 982 g/mol. The fourth-order valence-electron chi connectivity index (χ4n) is 9.19. The topological polar surface area (TPSA) is 204 Å². The van der Waals surface area contributed by atoms with Crippen LogP contribution >= 0.6 is 48.0 Å². The number of hydrogen-bond acceptors (Lipinski definition) is 10. The summed E-state index contributed by atoms with van der Waals surface area (Å²) >= 11 is 14.3. The summed E-state index contributed by atoms with van der Waals surface area (Å²) < 4.78 is 0. The standard InChI is InChI=1S/C46H62N8O8S4/c1-25(51(7)43(59)60)39(63)49-31-19-21-65-33-23-45(3,4)35(53(33)41(31)57)37(55)47-29-15-11-27(12-16-29)9-10-28-13-17-30(18-14-28)48-38(56)36-46(5,6)24-34-54(36)42(58)32(20-22-66-34)50-40(64)26(2)52(8)44(61)62/h11-18,25-26,31-36H,9-10,19-24H2,1-8H3,(H,47,55)(H,48,56)(H,49,63)(H,50,64)(H,59,60)(H,61,62)/t25?,26?,31-,32-,33-,34-,35+,36+/m0/s1. The Kier molecular flexibility index (Phi) is 15.9. The van der Waals surface area contributed by atoms with Gasteiger partial charge in [-0.15, -0.1) is 23.5 Å². The van der Waals surface area contributed by atoms with Gasteiger partial charge in [0.2, 0.25) is 23.6 Å². The summed E-state index contributed by atoms with van der Waals surface area (Å²) in [4.78, 5) is 85.4. The van der Waals surface area contributed by atoms with Gasteiger partial charge in [0.15, 0.2) is 0 Å². The predicted octanol–water partition coefficient (Wildman–Crippen LogP) is 6.10. The van der Waals surface area contributed by atoms with Gasteiger partial charge in [0.1, 0.15) is 24.2 Å². The van der Waals surface area contributed by atoms with Crippen LogP contribution < -0.4 is 21.3 Å². The van der Waals surface area contributed by atoms with E-state index in [1.54, 1.807) is 47.2 Å². The quantitative estimate of drug-likeness (QED) is 0.126. The molecule has 16 nitrogen and oxygen atoms in total. The second-order valence-electron chi connectivity index (χ2n) is 19.0. The van der Waals surface area contributed by atoms with Crippen molar-refractivity contribution >= 4 is 105 Å². The van der Waals surface area contributed by atoms with E-state index in [2.05, 4.69) is 21.3 Å². The molecule has 2 aromatic carbocycles. The second-order valence-corrected chi connectivity index (χ2v) is 22.5. The van der Waals surface area contributed by atoms with Crippen molar-refractivity contribution in [2.24, 2.45) is 10.8 Å². The summed E-state index contributed by atoms with van der Waals surface area (Å²) in [6, 6.07) is 11.2. The van der Waals surface area contributed by atoms with Crippen LogP contribution in [-0.2, 0) is 32.0 Å². The summed E-state index contributed by atoms with van der Waals surface area (Å²) in [5.74, 6) is 0.365. The Hall–Kier alpha value is -4.66. The van der Waals surface area contributed by atoms with E-state index in [9.17, 15) is 39.0 Å². The Morgan fingerprint density at radius 3 is 1.32 bits per heavy atom. The lowest BCUT2D eigenvalue weighted by atomic mass is 9.84. The van der Waals surface area contributed by atoms with E-state index in [-0.39, 0.29) is 44.4 Å². The van der Waals surface area contributed by atoms with Crippen molar-refractivity contribution < 1.29 is 39.0 Å². The van der Waals surface area contributed by atoms with Gasteiger partial charge >= 0.3 is 12.2 Å². The Morgan fingerprint density at radius 2 is 1.00 bits per heavy atom. The molecule has 0 saturated carbocycles. The number of rotatable bonds is 13. The minimum absolute atomic E-state index is 0.180. The molecular formula is C46H62N8O8S4. The third-order valence-electron chi connectivity index (χ3n) is 13.4. The lowest BCUT2D eigenvalue weighted by Crippen LogP contribution is -2.57. The summed E-state index contributed by atoms with van der Waals surface area (Å²) in [6.07, 6.45) is 1.48. The van der Waals surface area contributed by atoms with E-state index in [1.807, 2.05) is 76.2 Å². The highest BCUT2D eigenvalue weighted by Crippen LogP contribution is 2.48. The summed E-state index contributed by atoms with van der Waals surface area (Å²) in [6.45, 7) is 11.3. The number of carboxylic acid groups (broad SMARTS) is 2. The SMILES string of the molecule is CC(C(=S)N[C@H]1CCS[C@H]2CC(C)(C)[C@@H](C(=O)Nc3ccc(CCc4ccc(NC(=O)[C@H]5N6C(=O)[C@@H](NC(=S)C(C)N(C)C(=O)O)CCS[C@H]6CC5(C)C)cc4)cc3)N2C1=O)N(C)C(=O)O. The lowest BCUT2D eigenvalue weighted by Gasteiger charge is -2.34. The number of benzene rings is 2. The highest BCUT2D eigenvalue weighted by Gasteiger charge is 2.56. The van der Waals surface area contributed by atoms with Gasteiger partial charge in [-0.2, -0.15) is 0 Å². The molecule has 6 N–H and O–H groups in total. The number of aryl methyl sites for hydroxylation is 2. The summed E-state index contributed by atoms with van der Waals surface area (Å²) in [7, 11) is 2.86. The summed E-state index contributed by atoms with van der Waals surface area (Å²) in [5.41, 5.74) is 2.35. The van der Waals surface area contributed by atoms with Gasteiger partial charge in [0, 0.05) is 25.5 Å². The molecule has 0 aromatic heterocycles. The van der Waals surface area contributed by atoms with Crippen molar-refractivity contribution in [3.05, 3.63) is 59.7 Å². The van der Waals surface area contributed by atoms with Crippen LogP contribution in [-0.4, -0.2) is 148 Å². The zero-order valence-electron chi connectivity index (χ0n) is 38.7. The van der Waals surface area contributed by atoms with Crippen LogP contribution in [0.15, 0.2) is 48.5 Å². The van der Waals surface area contributed by atoms with Crippen LogP contribution in [0, 0.1) is 10.8 Å². The van der Waals surface area contributed by atoms with E-state index in [0.717, 1.165) is 33.8 Å². The molecule has 4 aliphatic rings. The van der Waals surface area contributed by atoms with Gasteiger partial charge in [-0.25, -0.2) is 9.59 Å². The third kappa shape index (κ3) is 11.2. The highest BCUT2D eigenvalue weighted by molar-refractivity contribution is 8.00. The molecule has 358 valence electrons. The molecule has 4 aliphatic heterocycles. The number of amides is 6. The zero-order chi connectivity index (χ0) is 48.4. The molecular weight excluding hydrogens is 921 g/mol. The molecule has 20 heteroatoms. The highest BCUT2D eigenvalue weighted by atomic mass is 32.2. The molecule has 2 aromatic rings. The first-order valence-electron chi connectivity index (χ1n) is 22.2. The Labute approximate surface area is 406 Å². The molecule has 0 aliphatic carbocycles. The molecule has 0 radical (unpaired) electrons. The Bertz CT molecular complexity index is 2060. The smallest absolute Gasteiger partial charge is 0.407 e. The van der Waals surface area contributed by atoms with Gasteiger partial charge in [0.25, 0.3) is 0 Å². The summed E-state index contributed by atoms with van der Waals surface area (Å²) in [5, 5.41) is 30.8. The molecule has 4 saturated heterocycles. The van der Waals surface area contributed by atoms with Crippen LogP contribution in [0.5, 0.6) is 0 Å². The van der Waals surface area contributed by atoms with Gasteiger partial charge in [-0.05, 0) is 110 Å². The van der Waals surface area contributed by atoms with Crippen molar-refractivity contribution in [2.75, 3.05) is 36.2 Å². The Balaban J connectivity index is 1.03. The van der Waals surface area contributed by atoms with Crippen molar-refractivity contribution in [1.82, 2.24) is 30.2 Å². The normalized spacial score (nSPS) is 25.2.